The third-order valence-electron chi connectivity index (χ3n) is 4.92. The van der Waals surface area contributed by atoms with Crippen molar-refractivity contribution in [3.8, 4) is 0 Å². The highest BCUT2D eigenvalue weighted by Gasteiger charge is 2.20. The Morgan fingerprint density at radius 2 is 1.86 bits per heavy atom. The van der Waals surface area contributed by atoms with Gasteiger partial charge in [-0.25, -0.2) is 0 Å². The summed E-state index contributed by atoms with van der Waals surface area (Å²) in [7, 11) is 0. The summed E-state index contributed by atoms with van der Waals surface area (Å²) in [6.07, 6.45) is 0. The number of carbonyl (C=O) groups excluding carboxylic acids is 1. The summed E-state index contributed by atoms with van der Waals surface area (Å²) in [5.41, 5.74) is 5.84. The molecule has 0 saturated heterocycles. The quantitative estimate of drug-likeness (QED) is 0.434. The van der Waals surface area contributed by atoms with Crippen LogP contribution in [0.4, 0.5) is 5.69 Å². The number of nitrogens with one attached hydrogen (secondary N) is 1. The molecule has 0 saturated carbocycles. The van der Waals surface area contributed by atoms with Gasteiger partial charge in [-0.05, 0) is 69.2 Å². The van der Waals surface area contributed by atoms with E-state index in [1.54, 1.807) is 0 Å². The van der Waals surface area contributed by atoms with Crippen LogP contribution in [0.25, 0.3) is 16.6 Å². The number of aryl methyl sites for hydroxylation is 3. The first-order chi connectivity index (χ1) is 13.8. The Labute approximate surface area is 178 Å². The third kappa shape index (κ3) is 3.82. The van der Waals surface area contributed by atoms with Gasteiger partial charge in [-0.15, -0.1) is 10.2 Å². The average Bonchev–Trinajstić information content (AvgIpc) is 3.06. The van der Waals surface area contributed by atoms with Gasteiger partial charge in [-0.2, -0.15) is 0 Å². The summed E-state index contributed by atoms with van der Waals surface area (Å²) >= 11 is 7.57. The lowest BCUT2D eigenvalue weighted by Gasteiger charge is -2.14. The summed E-state index contributed by atoms with van der Waals surface area (Å²) in [5.74, 6) is -0.0711. The number of halogens is 1. The van der Waals surface area contributed by atoms with Gasteiger partial charge in [-0.1, -0.05) is 41.1 Å². The molecule has 1 atom stereocenters. The summed E-state index contributed by atoms with van der Waals surface area (Å²) in [5, 5.41) is 13.7. The van der Waals surface area contributed by atoms with Crippen LogP contribution in [0.2, 0.25) is 5.02 Å². The van der Waals surface area contributed by atoms with Gasteiger partial charge in [0.1, 0.15) is 0 Å². The Bertz CT molecular complexity index is 1250. The number of benzene rings is 2. The Kier molecular flexibility index (Phi) is 5.23. The molecule has 4 aromatic rings. The SMILES string of the molecule is Cc1ccc(NC(=O)C(C)Sc2nnc3cc(C)c4cc(Cl)ccc4n23)c(C)c1. The van der Waals surface area contributed by atoms with Gasteiger partial charge >= 0.3 is 0 Å². The molecule has 29 heavy (non-hydrogen) atoms. The maximum Gasteiger partial charge on any atom is 0.237 e. The molecule has 0 aliphatic carbocycles. The zero-order valence-corrected chi connectivity index (χ0v) is 18.2. The van der Waals surface area contributed by atoms with Crippen molar-refractivity contribution in [2.24, 2.45) is 0 Å². The van der Waals surface area contributed by atoms with Crippen LogP contribution in [0.1, 0.15) is 23.6 Å². The zero-order valence-electron chi connectivity index (χ0n) is 16.7. The molecule has 2 aromatic carbocycles. The molecule has 0 bridgehead atoms. The van der Waals surface area contributed by atoms with E-state index in [1.807, 2.05) is 68.5 Å². The number of fused-ring (bicyclic) bond motifs is 3. The number of aromatic nitrogens is 3. The monoisotopic (exact) mass is 424 g/mol. The largest absolute Gasteiger partial charge is 0.325 e. The fourth-order valence-electron chi connectivity index (χ4n) is 3.37. The van der Waals surface area contributed by atoms with Crippen LogP contribution in [-0.4, -0.2) is 25.8 Å². The molecule has 1 amide bonds. The van der Waals surface area contributed by atoms with Crippen LogP contribution in [0, 0.1) is 20.8 Å². The minimum Gasteiger partial charge on any atom is -0.325 e. The number of rotatable bonds is 4. The lowest BCUT2D eigenvalue weighted by Crippen LogP contribution is -2.23. The molecular weight excluding hydrogens is 404 g/mol. The zero-order chi connectivity index (χ0) is 20.7. The molecule has 4 rings (SSSR count). The molecule has 1 unspecified atom stereocenters. The van der Waals surface area contributed by atoms with E-state index < -0.39 is 0 Å². The van der Waals surface area contributed by atoms with E-state index >= 15 is 0 Å². The number of hydrogen-bond acceptors (Lipinski definition) is 4. The first-order valence-electron chi connectivity index (χ1n) is 9.32. The molecular formula is C22H21ClN4OS. The van der Waals surface area contributed by atoms with Gasteiger partial charge in [0.2, 0.25) is 5.91 Å². The van der Waals surface area contributed by atoms with Gasteiger partial charge in [0.25, 0.3) is 0 Å². The molecule has 0 spiro atoms. The van der Waals surface area contributed by atoms with E-state index in [-0.39, 0.29) is 11.2 Å². The molecule has 2 aromatic heterocycles. The number of amides is 1. The highest BCUT2D eigenvalue weighted by Crippen LogP contribution is 2.30. The van der Waals surface area contributed by atoms with Crippen LogP contribution < -0.4 is 5.32 Å². The fraction of sp³-hybridized carbons (Fsp3) is 0.227. The topological polar surface area (TPSA) is 59.3 Å². The van der Waals surface area contributed by atoms with E-state index in [4.69, 9.17) is 11.6 Å². The van der Waals surface area contributed by atoms with Crippen molar-refractivity contribution >= 4 is 51.5 Å². The van der Waals surface area contributed by atoms with Gasteiger partial charge in [0.05, 0.1) is 10.8 Å². The van der Waals surface area contributed by atoms with Crippen LogP contribution in [-0.2, 0) is 4.79 Å². The van der Waals surface area contributed by atoms with Gasteiger partial charge in [-0.3, -0.25) is 9.20 Å². The lowest BCUT2D eigenvalue weighted by molar-refractivity contribution is -0.115. The number of hydrogen-bond donors (Lipinski definition) is 1. The number of nitrogens with zero attached hydrogens (tertiary/aromatic N) is 3. The maximum absolute atomic E-state index is 12.8. The molecule has 0 radical (unpaired) electrons. The second-order valence-corrected chi connectivity index (χ2v) is 8.98. The van der Waals surface area contributed by atoms with E-state index in [0.29, 0.717) is 10.2 Å². The van der Waals surface area contributed by atoms with Crippen molar-refractivity contribution in [1.82, 2.24) is 14.6 Å². The lowest BCUT2D eigenvalue weighted by atomic mass is 10.1. The van der Waals surface area contributed by atoms with Crippen molar-refractivity contribution in [3.63, 3.8) is 0 Å². The average molecular weight is 425 g/mol. The first-order valence-corrected chi connectivity index (χ1v) is 10.6. The second-order valence-electron chi connectivity index (χ2n) is 7.23. The van der Waals surface area contributed by atoms with Crippen molar-refractivity contribution < 1.29 is 4.79 Å². The maximum atomic E-state index is 12.8. The van der Waals surface area contributed by atoms with E-state index in [1.165, 1.54) is 17.3 Å². The van der Waals surface area contributed by atoms with Crippen LogP contribution in [0.5, 0.6) is 0 Å². The molecule has 7 heteroatoms. The highest BCUT2D eigenvalue weighted by atomic mass is 35.5. The van der Waals surface area contributed by atoms with Gasteiger partial charge in [0.15, 0.2) is 10.8 Å². The van der Waals surface area contributed by atoms with Crippen molar-refractivity contribution in [2.45, 2.75) is 38.1 Å². The Morgan fingerprint density at radius 1 is 1.07 bits per heavy atom. The standard InChI is InChI=1S/C22H21ClN4OS/c1-12-5-7-18(14(3)9-12)24-21(28)15(4)29-22-26-25-20-10-13(2)17-11-16(23)6-8-19(17)27(20)22/h5-11,15H,1-4H3,(H,24,28). The predicted molar refractivity (Wildman–Crippen MR) is 120 cm³/mol. The number of pyridine rings is 1. The number of carbonyl (C=O) groups is 1. The number of thioether (sulfide) groups is 1. The minimum absolute atomic E-state index is 0.0711. The highest BCUT2D eigenvalue weighted by molar-refractivity contribution is 8.00. The van der Waals surface area contributed by atoms with E-state index in [2.05, 4.69) is 21.6 Å². The summed E-state index contributed by atoms with van der Waals surface area (Å²) in [6, 6.07) is 13.7. The molecule has 0 aliphatic heterocycles. The Morgan fingerprint density at radius 3 is 2.62 bits per heavy atom. The van der Waals surface area contributed by atoms with Crippen LogP contribution in [0.15, 0.2) is 47.6 Å². The van der Waals surface area contributed by atoms with Gasteiger partial charge < -0.3 is 5.32 Å². The summed E-state index contributed by atoms with van der Waals surface area (Å²) in [4.78, 5) is 12.8. The molecule has 0 aliphatic rings. The van der Waals surface area contributed by atoms with Crippen LogP contribution >= 0.6 is 23.4 Å². The third-order valence-corrected chi connectivity index (χ3v) is 6.20. The Balaban J connectivity index is 1.64. The summed E-state index contributed by atoms with van der Waals surface area (Å²) in [6.45, 7) is 7.93. The molecule has 0 fully saturated rings. The van der Waals surface area contributed by atoms with Crippen LogP contribution in [0.3, 0.4) is 0 Å². The molecule has 5 nitrogen and oxygen atoms in total. The Hall–Kier alpha value is -2.57. The van der Waals surface area contributed by atoms with Crippen molar-refractivity contribution in [1.29, 1.82) is 0 Å². The molecule has 2 heterocycles. The predicted octanol–water partition coefficient (Wildman–Crippen LogP) is 5.58. The fourth-order valence-corrected chi connectivity index (χ4v) is 4.41. The molecule has 1 N–H and O–H groups in total. The van der Waals surface area contributed by atoms with Crippen molar-refractivity contribution in [2.75, 3.05) is 5.32 Å². The number of anilines is 1. The van der Waals surface area contributed by atoms with Gasteiger partial charge in [0, 0.05) is 16.1 Å². The van der Waals surface area contributed by atoms with E-state index in [0.717, 1.165) is 33.4 Å². The second kappa shape index (κ2) is 7.69. The minimum atomic E-state index is -0.341. The van der Waals surface area contributed by atoms with E-state index in [9.17, 15) is 4.79 Å². The first kappa shape index (κ1) is 19.7. The molecule has 148 valence electrons. The van der Waals surface area contributed by atoms with Crippen molar-refractivity contribution in [3.05, 3.63) is 64.2 Å². The normalized spacial score (nSPS) is 12.4. The summed E-state index contributed by atoms with van der Waals surface area (Å²) < 4.78 is 1.98. The smallest absolute Gasteiger partial charge is 0.237 e.